The highest BCUT2D eigenvalue weighted by molar-refractivity contribution is 14.1. The van der Waals surface area contributed by atoms with Crippen LogP contribution in [0.5, 0.6) is 0 Å². The Morgan fingerprint density at radius 1 is 1.21 bits per heavy atom. The average Bonchev–Trinajstić information content (AvgIpc) is 3.44. The van der Waals surface area contributed by atoms with Crippen molar-refractivity contribution in [3.63, 3.8) is 0 Å². The Bertz CT molecular complexity index is 1550. The lowest BCUT2D eigenvalue weighted by atomic mass is 10.1. The summed E-state index contributed by atoms with van der Waals surface area (Å²) in [4.78, 5) is 31.9. The number of aryl methyl sites for hydroxylation is 1. The SMILES string of the molecule is Cc1cc(I)cc(C(=O)NCC2CC2)c1NC(=O)c1cc(Cn2nnc(C(F)F)n2)nn1-c1ncccc1Cl. The van der Waals surface area contributed by atoms with E-state index >= 15 is 0 Å². The summed E-state index contributed by atoms with van der Waals surface area (Å²) in [5.74, 6) is -0.925. The van der Waals surface area contributed by atoms with E-state index in [0.29, 0.717) is 29.3 Å². The summed E-state index contributed by atoms with van der Waals surface area (Å²) in [5, 5.41) is 21.0. The number of carbonyl (C=O) groups is 2. The molecule has 0 aliphatic heterocycles. The van der Waals surface area contributed by atoms with E-state index in [0.717, 1.165) is 21.2 Å². The molecule has 15 heteroatoms. The summed E-state index contributed by atoms with van der Waals surface area (Å²) in [6.45, 7) is 2.23. The Morgan fingerprint density at radius 2 is 2.00 bits per heavy atom. The number of anilines is 1. The Hall–Kier alpha value is -3.53. The number of hydrogen-bond donors (Lipinski definition) is 2. The van der Waals surface area contributed by atoms with Gasteiger partial charge >= 0.3 is 6.43 Å². The number of amides is 2. The van der Waals surface area contributed by atoms with Crippen molar-refractivity contribution >= 4 is 51.7 Å². The van der Waals surface area contributed by atoms with Crippen molar-refractivity contribution in [3.05, 3.63) is 73.5 Å². The number of tetrazole rings is 1. The molecule has 1 saturated carbocycles. The van der Waals surface area contributed by atoms with Crippen LogP contribution in [-0.2, 0) is 6.54 Å². The van der Waals surface area contributed by atoms with Gasteiger partial charge in [-0.1, -0.05) is 11.6 Å². The van der Waals surface area contributed by atoms with Crippen LogP contribution in [0.25, 0.3) is 5.82 Å². The second kappa shape index (κ2) is 11.3. The van der Waals surface area contributed by atoms with Crippen LogP contribution >= 0.6 is 34.2 Å². The van der Waals surface area contributed by atoms with E-state index in [1.807, 2.05) is 6.07 Å². The van der Waals surface area contributed by atoms with Gasteiger partial charge in [0.25, 0.3) is 11.8 Å². The lowest BCUT2D eigenvalue weighted by Crippen LogP contribution is -2.28. The van der Waals surface area contributed by atoms with Gasteiger partial charge in [0, 0.05) is 16.3 Å². The van der Waals surface area contributed by atoms with Gasteiger partial charge in [-0.15, -0.1) is 10.2 Å². The number of alkyl halides is 2. The van der Waals surface area contributed by atoms with Crippen LogP contribution in [0.2, 0.25) is 5.02 Å². The average molecular weight is 668 g/mol. The van der Waals surface area contributed by atoms with Crippen LogP contribution in [-0.4, -0.2) is 53.3 Å². The molecule has 0 radical (unpaired) electrons. The van der Waals surface area contributed by atoms with Gasteiger partial charge in [-0.25, -0.2) is 18.4 Å². The fraction of sp³-hybridized carbons (Fsp3) is 0.292. The standard InChI is InChI=1S/C24H21ClF2IN9O2/c1-12-7-14(28)8-16(23(38)30-10-13-4-5-13)19(12)31-24(39)18-9-15(11-36-34-21(20(26)27)32-35-36)33-37(18)22-17(25)3-2-6-29-22/h2-3,6-9,13,20H,4-5,10-11H2,1H3,(H,30,38)(H,31,39). The molecular formula is C24H21ClF2IN9O2. The van der Waals surface area contributed by atoms with E-state index in [4.69, 9.17) is 11.6 Å². The third-order valence-corrected chi connectivity index (χ3v) is 6.85. The van der Waals surface area contributed by atoms with E-state index in [-0.39, 0.29) is 34.7 Å². The number of pyridine rings is 1. The summed E-state index contributed by atoms with van der Waals surface area (Å²) in [7, 11) is 0. The normalized spacial score (nSPS) is 13.1. The molecule has 0 unspecified atom stereocenters. The fourth-order valence-corrected chi connectivity index (χ4v) is 4.82. The van der Waals surface area contributed by atoms with Gasteiger partial charge in [-0.2, -0.15) is 9.90 Å². The highest BCUT2D eigenvalue weighted by Gasteiger charge is 2.25. The van der Waals surface area contributed by atoms with Crippen molar-refractivity contribution in [1.82, 2.24) is 40.3 Å². The predicted molar refractivity (Wildman–Crippen MR) is 145 cm³/mol. The Morgan fingerprint density at radius 3 is 2.69 bits per heavy atom. The zero-order valence-electron chi connectivity index (χ0n) is 20.4. The third-order valence-electron chi connectivity index (χ3n) is 5.93. The first-order valence-electron chi connectivity index (χ1n) is 11.8. The molecule has 0 bridgehead atoms. The Kier molecular flexibility index (Phi) is 7.83. The van der Waals surface area contributed by atoms with Gasteiger partial charge in [-0.05, 0) is 89.4 Å². The smallest absolute Gasteiger partial charge is 0.301 e. The van der Waals surface area contributed by atoms with Crippen LogP contribution in [0.3, 0.4) is 0 Å². The van der Waals surface area contributed by atoms with Gasteiger partial charge in [0.05, 0.1) is 22.0 Å². The topological polar surface area (TPSA) is 133 Å². The summed E-state index contributed by atoms with van der Waals surface area (Å²) < 4.78 is 27.9. The van der Waals surface area contributed by atoms with E-state index in [2.05, 4.69) is 58.7 Å². The monoisotopic (exact) mass is 667 g/mol. The Balaban J connectivity index is 1.49. The number of carbonyl (C=O) groups excluding carboxylic acids is 2. The molecule has 1 aliphatic rings. The molecule has 1 fully saturated rings. The van der Waals surface area contributed by atoms with Gasteiger partial charge in [0.2, 0.25) is 5.82 Å². The summed E-state index contributed by atoms with van der Waals surface area (Å²) in [5.41, 5.74) is 1.70. The van der Waals surface area contributed by atoms with E-state index in [1.54, 1.807) is 25.1 Å². The maximum atomic E-state index is 13.6. The lowest BCUT2D eigenvalue weighted by molar-refractivity contribution is 0.0952. The second-order valence-corrected chi connectivity index (χ2v) is 10.6. The minimum Gasteiger partial charge on any atom is -0.352 e. The predicted octanol–water partition coefficient (Wildman–Crippen LogP) is 4.20. The molecule has 3 aromatic heterocycles. The molecule has 0 saturated heterocycles. The number of aromatic nitrogens is 7. The van der Waals surface area contributed by atoms with Crippen molar-refractivity contribution in [3.8, 4) is 5.82 Å². The van der Waals surface area contributed by atoms with Gasteiger partial charge in [-0.3, -0.25) is 9.59 Å². The van der Waals surface area contributed by atoms with Crippen LogP contribution < -0.4 is 10.6 Å². The number of hydrogen-bond acceptors (Lipinski definition) is 7. The highest BCUT2D eigenvalue weighted by atomic mass is 127. The zero-order chi connectivity index (χ0) is 27.7. The van der Waals surface area contributed by atoms with Crippen LogP contribution in [0.1, 0.15) is 57.2 Å². The first-order valence-corrected chi connectivity index (χ1v) is 13.3. The Labute approximate surface area is 239 Å². The minimum absolute atomic E-state index is 0.0436. The molecule has 2 N–H and O–H groups in total. The molecule has 202 valence electrons. The quantitative estimate of drug-likeness (QED) is 0.256. The van der Waals surface area contributed by atoms with Gasteiger partial charge in [0.15, 0.2) is 5.82 Å². The summed E-state index contributed by atoms with van der Waals surface area (Å²) >= 11 is 8.47. The largest absolute Gasteiger partial charge is 0.352 e. The number of halogens is 4. The van der Waals surface area contributed by atoms with Crippen molar-refractivity contribution < 1.29 is 18.4 Å². The van der Waals surface area contributed by atoms with E-state index in [9.17, 15) is 18.4 Å². The number of benzene rings is 1. The van der Waals surface area contributed by atoms with Crippen LogP contribution in [0.4, 0.5) is 14.5 Å². The number of rotatable bonds is 9. The molecule has 1 aliphatic carbocycles. The minimum atomic E-state index is -2.88. The molecule has 39 heavy (non-hydrogen) atoms. The molecule has 4 aromatic rings. The fourth-order valence-electron chi connectivity index (χ4n) is 3.84. The van der Waals surface area contributed by atoms with Gasteiger partial charge in [0.1, 0.15) is 12.2 Å². The molecule has 2 amide bonds. The van der Waals surface area contributed by atoms with Crippen LogP contribution in [0.15, 0.2) is 36.5 Å². The number of nitrogens with zero attached hydrogens (tertiary/aromatic N) is 7. The third kappa shape index (κ3) is 6.21. The first kappa shape index (κ1) is 27.1. The molecular weight excluding hydrogens is 647 g/mol. The van der Waals surface area contributed by atoms with E-state index in [1.165, 1.54) is 16.9 Å². The zero-order valence-corrected chi connectivity index (χ0v) is 23.3. The molecule has 0 spiro atoms. The molecule has 5 rings (SSSR count). The molecule has 1 aromatic carbocycles. The van der Waals surface area contributed by atoms with Crippen molar-refractivity contribution in [1.29, 1.82) is 0 Å². The maximum Gasteiger partial charge on any atom is 0.301 e. The molecule has 11 nitrogen and oxygen atoms in total. The van der Waals surface area contributed by atoms with Crippen molar-refractivity contribution in [2.24, 2.45) is 5.92 Å². The van der Waals surface area contributed by atoms with Gasteiger partial charge < -0.3 is 10.6 Å². The molecule has 0 atom stereocenters. The van der Waals surface area contributed by atoms with Crippen molar-refractivity contribution in [2.45, 2.75) is 32.7 Å². The number of nitrogens with one attached hydrogen (secondary N) is 2. The van der Waals surface area contributed by atoms with Crippen LogP contribution in [0, 0.1) is 16.4 Å². The summed E-state index contributed by atoms with van der Waals surface area (Å²) in [6, 6.07) is 8.22. The first-order chi connectivity index (χ1) is 18.7. The van der Waals surface area contributed by atoms with Crippen molar-refractivity contribution in [2.75, 3.05) is 11.9 Å². The summed E-state index contributed by atoms with van der Waals surface area (Å²) in [6.07, 6.45) is 0.790. The molecule has 3 heterocycles. The lowest BCUT2D eigenvalue weighted by Gasteiger charge is -2.15. The van der Waals surface area contributed by atoms with E-state index < -0.39 is 18.2 Å². The highest BCUT2D eigenvalue weighted by Crippen LogP contribution is 2.29. The maximum absolute atomic E-state index is 13.6. The second-order valence-electron chi connectivity index (χ2n) is 8.97.